The number of sulfone groups is 1. The summed E-state index contributed by atoms with van der Waals surface area (Å²) in [5, 5.41) is -0.858. The highest BCUT2D eigenvalue weighted by Crippen LogP contribution is 2.17. The van der Waals surface area contributed by atoms with Gasteiger partial charge in [-0.05, 0) is 12.1 Å². The van der Waals surface area contributed by atoms with Crippen molar-refractivity contribution in [3.8, 4) is 0 Å². The standard InChI is InChI=1S/C8H11FN2O2S.ClH/c1-14(12,13)8(4-10)7-3-2-6(9)5-11-7;/h2-3,5,8H,4,10H2,1H3;1H. The summed E-state index contributed by atoms with van der Waals surface area (Å²) in [5.74, 6) is -0.502. The van der Waals surface area contributed by atoms with Gasteiger partial charge in [0.25, 0.3) is 0 Å². The third-order valence-corrected chi connectivity index (χ3v) is 3.28. The highest BCUT2D eigenvalue weighted by Gasteiger charge is 2.22. The Morgan fingerprint density at radius 1 is 1.53 bits per heavy atom. The van der Waals surface area contributed by atoms with Gasteiger partial charge in [0.05, 0.1) is 11.9 Å². The van der Waals surface area contributed by atoms with Crippen LogP contribution in [0.5, 0.6) is 0 Å². The number of hydrogen-bond donors (Lipinski definition) is 1. The van der Waals surface area contributed by atoms with Gasteiger partial charge < -0.3 is 5.73 Å². The fourth-order valence-electron chi connectivity index (χ4n) is 1.09. The van der Waals surface area contributed by atoms with Gasteiger partial charge in [-0.25, -0.2) is 12.8 Å². The summed E-state index contributed by atoms with van der Waals surface area (Å²) in [6.45, 7) is -0.0581. The average Bonchev–Trinajstić information content (AvgIpc) is 2.07. The first-order chi connectivity index (χ1) is 6.45. The first kappa shape index (κ1) is 14.3. The van der Waals surface area contributed by atoms with Crippen molar-refractivity contribution in [1.82, 2.24) is 4.98 Å². The Morgan fingerprint density at radius 2 is 2.13 bits per heavy atom. The van der Waals surface area contributed by atoms with E-state index in [0.29, 0.717) is 0 Å². The maximum absolute atomic E-state index is 12.5. The van der Waals surface area contributed by atoms with Gasteiger partial charge in [0.2, 0.25) is 0 Å². The van der Waals surface area contributed by atoms with Crippen LogP contribution in [0, 0.1) is 5.82 Å². The lowest BCUT2D eigenvalue weighted by atomic mass is 10.2. The maximum Gasteiger partial charge on any atom is 0.157 e. The molecule has 4 nitrogen and oxygen atoms in total. The summed E-state index contributed by atoms with van der Waals surface area (Å²) < 4.78 is 35.0. The number of hydrogen-bond acceptors (Lipinski definition) is 4. The number of pyridine rings is 1. The third-order valence-electron chi connectivity index (χ3n) is 1.81. The summed E-state index contributed by atoms with van der Waals surface area (Å²) in [6.07, 6.45) is 2.05. The lowest BCUT2D eigenvalue weighted by molar-refractivity contribution is 0.584. The summed E-state index contributed by atoms with van der Waals surface area (Å²) in [4.78, 5) is 3.68. The molecule has 0 bridgehead atoms. The van der Waals surface area contributed by atoms with Crippen molar-refractivity contribution in [2.75, 3.05) is 12.8 Å². The molecule has 1 heterocycles. The van der Waals surface area contributed by atoms with Crippen LogP contribution in [0.3, 0.4) is 0 Å². The second-order valence-corrected chi connectivity index (χ2v) is 5.18. The van der Waals surface area contributed by atoms with E-state index in [4.69, 9.17) is 5.73 Å². The molecule has 1 unspecified atom stereocenters. The van der Waals surface area contributed by atoms with Gasteiger partial charge in [-0.15, -0.1) is 12.4 Å². The van der Waals surface area contributed by atoms with Crippen molar-refractivity contribution in [2.24, 2.45) is 5.73 Å². The Morgan fingerprint density at radius 3 is 2.47 bits per heavy atom. The van der Waals surface area contributed by atoms with Crippen molar-refractivity contribution < 1.29 is 12.8 Å². The van der Waals surface area contributed by atoms with Crippen molar-refractivity contribution in [3.63, 3.8) is 0 Å². The van der Waals surface area contributed by atoms with Crippen LogP contribution in [0.2, 0.25) is 0 Å². The van der Waals surface area contributed by atoms with Crippen LogP contribution in [0.25, 0.3) is 0 Å². The maximum atomic E-state index is 12.5. The Balaban J connectivity index is 0.00000196. The van der Waals surface area contributed by atoms with Gasteiger partial charge in [0.15, 0.2) is 9.84 Å². The third kappa shape index (κ3) is 3.73. The van der Waals surface area contributed by atoms with Crippen LogP contribution >= 0.6 is 12.4 Å². The van der Waals surface area contributed by atoms with Gasteiger partial charge in [-0.2, -0.15) is 0 Å². The zero-order chi connectivity index (χ0) is 10.8. The molecule has 15 heavy (non-hydrogen) atoms. The Labute approximate surface area is 94.0 Å². The molecule has 86 valence electrons. The van der Waals surface area contributed by atoms with Crippen LogP contribution in [0.1, 0.15) is 10.9 Å². The molecular formula is C8H12ClFN2O2S. The average molecular weight is 255 g/mol. The molecule has 1 aromatic rings. The molecule has 0 aliphatic carbocycles. The summed E-state index contributed by atoms with van der Waals surface area (Å²) in [5.41, 5.74) is 5.59. The van der Waals surface area contributed by atoms with Crippen LogP contribution in [0.15, 0.2) is 18.3 Å². The lowest BCUT2D eigenvalue weighted by Crippen LogP contribution is -2.21. The topological polar surface area (TPSA) is 73.0 Å². The summed E-state index contributed by atoms with van der Waals surface area (Å²) >= 11 is 0. The number of nitrogens with two attached hydrogens (primary N) is 1. The zero-order valence-corrected chi connectivity index (χ0v) is 9.69. The van der Waals surface area contributed by atoms with Crippen molar-refractivity contribution >= 4 is 22.2 Å². The Bertz CT molecular complexity index is 407. The highest BCUT2D eigenvalue weighted by molar-refractivity contribution is 7.90. The van der Waals surface area contributed by atoms with E-state index in [9.17, 15) is 12.8 Å². The SMILES string of the molecule is CS(=O)(=O)C(CN)c1ccc(F)cn1.Cl. The molecule has 0 radical (unpaired) electrons. The normalized spacial score (nSPS) is 13.0. The second-order valence-electron chi connectivity index (χ2n) is 2.96. The van der Waals surface area contributed by atoms with Crippen LogP contribution in [-0.4, -0.2) is 26.2 Å². The molecule has 1 atom stereocenters. The van der Waals surface area contributed by atoms with Gasteiger partial charge in [-0.3, -0.25) is 4.98 Å². The van der Waals surface area contributed by atoms with Crippen LogP contribution in [0.4, 0.5) is 4.39 Å². The minimum atomic E-state index is -3.29. The van der Waals surface area contributed by atoms with Crippen molar-refractivity contribution in [1.29, 1.82) is 0 Å². The second kappa shape index (κ2) is 5.39. The first-order valence-electron chi connectivity index (χ1n) is 3.95. The predicted octanol–water partition coefficient (Wildman–Crippen LogP) is 0.687. The van der Waals surface area contributed by atoms with Crippen molar-refractivity contribution in [3.05, 3.63) is 29.8 Å². The van der Waals surface area contributed by atoms with Gasteiger partial charge in [-0.1, -0.05) is 0 Å². The molecule has 1 rings (SSSR count). The van der Waals surface area contributed by atoms with E-state index in [1.807, 2.05) is 0 Å². The van der Waals surface area contributed by atoms with E-state index in [1.165, 1.54) is 6.07 Å². The Kier molecular flexibility index (Phi) is 5.13. The fraction of sp³-hybridized carbons (Fsp3) is 0.375. The molecule has 7 heteroatoms. The molecular weight excluding hydrogens is 243 g/mol. The number of nitrogens with zero attached hydrogens (tertiary/aromatic N) is 1. The molecule has 2 N–H and O–H groups in total. The van der Waals surface area contributed by atoms with E-state index in [-0.39, 0.29) is 24.6 Å². The monoisotopic (exact) mass is 254 g/mol. The minimum Gasteiger partial charge on any atom is -0.329 e. The van der Waals surface area contributed by atoms with Crippen LogP contribution < -0.4 is 5.73 Å². The summed E-state index contributed by atoms with van der Waals surface area (Å²) in [7, 11) is -3.29. The predicted molar refractivity (Wildman–Crippen MR) is 58.1 cm³/mol. The van der Waals surface area contributed by atoms with Crippen LogP contribution in [-0.2, 0) is 9.84 Å². The van der Waals surface area contributed by atoms with E-state index in [2.05, 4.69) is 4.98 Å². The molecule has 1 aromatic heterocycles. The zero-order valence-electron chi connectivity index (χ0n) is 8.05. The molecule has 0 fully saturated rings. The number of halogens is 2. The molecule has 0 spiro atoms. The van der Waals surface area contributed by atoms with Gasteiger partial charge >= 0.3 is 0 Å². The van der Waals surface area contributed by atoms with E-state index in [0.717, 1.165) is 18.5 Å². The number of rotatable bonds is 3. The van der Waals surface area contributed by atoms with E-state index in [1.54, 1.807) is 0 Å². The number of aromatic nitrogens is 1. The highest BCUT2D eigenvalue weighted by atomic mass is 35.5. The Hall–Kier alpha value is -0.720. The lowest BCUT2D eigenvalue weighted by Gasteiger charge is -2.11. The fourth-order valence-corrected chi connectivity index (χ4v) is 2.02. The molecule has 0 saturated heterocycles. The van der Waals surface area contributed by atoms with E-state index < -0.39 is 20.9 Å². The molecule has 0 aliphatic heterocycles. The molecule has 0 saturated carbocycles. The van der Waals surface area contributed by atoms with Gasteiger partial charge in [0.1, 0.15) is 11.1 Å². The summed E-state index contributed by atoms with van der Waals surface area (Å²) in [6, 6.07) is 2.49. The largest absolute Gasteiger partial charge is 0.329 e. The molecule has 0 aromatic carbocycles. The first-order valence-corrected chi connectivity index (χ1v) is 5.91. The molecule has 0 aliphatic rings. The minimum absolute atomic E-state index is 0. The quantitative estimate of drug-likeness (QED) is 0.861. The molecule has 0 amide bonds. The van der Waals surface area contributed by atoms with Crippen molar-refractivity contribution in [2.45, 2.75) is 5.25 Å². The smallest absolute Gasteiger partial charge is 0.157 e. The van der Waals surface area contributed by atoms with Gasteiger partial charge in [0, 0.05) is 12.8 Å². The van der Waals surface area contributed by atoms with E-state index >= 15 is 0 Å².